The zero-order valence-electron chi connectivity index (χ0n) is 14.2. The van der Waals surface area contributed by atoms with Gasteiger partial charge in [0.05, 0.1) is 11.6 Å². The van der Waals surface area contributed by atoms with Crippen molar-refractivity contribution in [2.75, 3.05) is 6.54 Å². The Labute approximate surface area is 146 Å². The van der Waals surface area contributed by atoms with Crippen molar-refractivity contribution in [1.29, 1.82) is 0 Å². The first-order chi connectivity index (χ1) is 12.1. The second-order valence-electron chi connectivity index (χ2n) is 6.17. The van der Waals surface area contributed by atoms with Crippen molar-refractivity contribution in [2.24, 2.45) is 0 Å². The number of furan rings is 1. The fraction of sp³-hybridized carbons (Fsp3) is 0.368. The van der Waals surface area contributed by atoms with Crippen LogP contribution in [-0.4, -0.2) is 28.6 Å². The van der Waals surface area contributed by atoms with Crippen LogP contribution in [0.1, 0.15) is 53.2 Å². The van der Waals surface area contributed by atoms with E-state index >= 15 is 0 Å². The first-order valence-electron chi connectivity index (χ1n) is 8.53. The predicted molar refractivity (Wildman–Crippen MR) is 92.4 cm³/mol. The number of benzene rings is 1. The second kappa shape index (κ2) is 7.42. The largest absolute Gasteiger partial charge is 0.478 e. The van der Waals surface area contributed by atoms with E-state index in [0.717, 1.165) is 36.3 Å². The van der Waals surface area contributed by atoms with Gasteiger partial charge in [0.25, 0.3) is 0 Å². The molecule has 1 saturated heterocycles. The van der Waals surface area contributed by atoms with E-state index in [1.807, 2.05) is 24.0 Å². The minimum absolute atomic E-state index is 0.0188. The second-order valence-corrected chi connectivity index (χ2v) is 6.17. The van der Waals surface area contributed by atoms with Crippen LogP contribution in [0.4, 0.5) is 4.79 Å². The van der Waals surface area contributed by atoms with Crippen LogP contribution in [0.2, 0.25) is 0 Å². The van der Waals surface area contributed by atoms with Gasteiger partial charge in [-0.15, -0.1) is 0 Å². The molecule has 0 saturated carbocycles. The Morgan fingerprint density at radius 1 is 1.24 bits per heavy atom. The maximum Gasteiger partial charge on any atom is 0.335 e. The third kappa shape index (κ3) is 3.84. The van der Waals surface area contributed by atoms with E-state index < -0.39 is 5.97 Å². The standard InChI is InChI=1S/C19H22N2O4/c1-2-15-9-10-17(25-15)16-4-3-11-21(16)19(24)20-12-13-5-7-14(8-6-13)18(22)23/h5-10,16H,2-4,11-12H2,1H3,(H,20,24)(H,22,23). The highest BCUT2D eigenvalue weighted by Crippen LogP contribution is 2.33. The summed E-state index contributed by atoms with van der Waals surface area (Å²) >= 11 is 0. The number of carboxylic acid groups (broad SMARTS) is 1. The van der Waals surface area contributed by atoms with E-state index in [1.54, 1.807) is 12.1 Å². The Balaban J connectivity index is 1.60. The highest BCUT2D eigenvalue weighted by Gasteiger charge is 2.32. The number of aryl methyl sites for hydroxylation is 1. The first-order valence-corrected chi connectivity index (χ1v) is 8.53. The van der Waals surface area contributed by atoms with Crippen molar-refractivity contribution < 1.29 is 19.1 Å². The normalized spacial score (nSPS) is 16.8. The summed E-state index contributed by atoms with van der Waals surface area (Å²) in [6.45, 7) is 3.11. The Morgan fingerprint density at radius 3 is 2.64 bits per heavy atom. The summed E-state index contributed by atoms with van der Waals surface area (Å²) in [5.41, 5.74) is 1.10. The highest BCUT2D eigenvalue weighted by molar-refractivity contribution is 5.87. The van der Waals surface area contributed by atoms with E-state index in [2.05, 4.69) is 5.32 Å². The van der Waals surface area contributed by atoms with Crippen LogP contribution in [0.5, 0.6) is 0 Å². The van der Waals surface area contributed by atoms with Crippen LogP contribution in [-0.2, 0) is 13.0 Å². The van der Waals surface area contributed by atoms with Gasteiger partial charge < -0.3 is 19.7 Å². The molecule has 1 atom stereocenters. The number of aromatic carboxylic acids is 1. The number of carbonyl (C=O) groups excluding carboxylic acids is 1. The highest BCUT2D eigenvalue weighted by atomic mass is 16.4. The average molecular weight is 342 g/mol. The van der Waals surface area contributed by atoms with Gasteiger partial charge in [-0.1, -0.05) is 19.1 Å². The molecule has 0 spiro atoms. The predicted octanol–water partition coefficient (Wildman–Crippen LogP) is 3.59. The van der Waals surface area contributed by atoms with Gasteiger partial charge in [-0.05, 0) is 42.7 Å². The number of nitrogens with zero attached hydrogens (tertiary/aromatic N) is 1. The molecule has 1 fully saturated rings. The molecule has 2 amide bonds. The molecule has 1 aliphatic heterocycles. The Hall–Kier alpha value is -2.76. The molecule has 132 valence electrons. The third-order valence-corrected chi connectivity index (χ3v) is 4.52. The SMILES string of the molecule is CCc1ccc(C2CCCN2C(=O)NCc2ccc(C(=O)O)cc2)o1. The fourth-order valence-electron chi connectivity index (χ4n) is 3.11. The summed E-state index contributed by atoms with van der Waals surface area (Å²) < 4.78 is 5.82. The van der Waals surface area contributed by atoms with E-state index in [-0.39, 0.29) is 17.6 Å². The summed E-state index contributed by atoms with van der Waals surface area (Å²) in [6, 6.07) is 10.3. The van der Waals surface area contributed by atoms with E-state index in [0.29, 0.717) is 13.1 Å². The number of likely N-dealkylation sites (tertiary alicyclic amines) is 1. The minimum atomic E-state index is -0.958. The summed E-state index contributed by atoms with van der Waals surface area (Å²) in [5, 5.41) is 11.8. The van der Waals surface area contributed by atoms with Crippen LogP contribution in [0.15, 0.2) is 40.8 Å². The third-order valence-electron chi connectivity index (χ3n) is 4.52. The van der Waals surface area contributed by atoms with Gasteiger partial charge in [-0.2, -0.15) is 0 Å². The van der Waals surface area contributed by atoms with Gasteiger partial charge in [0.15, 0.2) is 0 Å². The van der Waals surface area contributed by atoms with Crippen molar-refractivity contribution in [2.45, 2.75) is 38.8 Å². The number of hydrogen-bond donors (Lipinski definition) is 2. The van der Waals surface area contributed by atoms with Crippen LogP contribution < -0.4 is 5.32 Å². The van der Waals surface area contributed by atoms with Gasteiger partial charge in [0, 0.05) is 19.5 Å². The zero-order valence-corrected chi connectivity index (χ0v) is 14.2. The molecule has 0 aliphatic carbocycles. The lowest BCUT2D eigenvalue weighted by Crippen LogP contribution is -2.39. The number of urea groups is 1. The molecule has 1 unspecified atom stereocenters. The zero-order chi connectivity index (χ0) is 17.8. The lowest BCUT2D eigenvalue weighted by molar-refractivity contribution is 0.0697. The van der Waals surface area contributed by atoms with Gasteiger partial charge >= 0.3 is 12.0 Å². The van der Waals surface area contributed by atoms with Crippen molar-refractivity contribution in [1.82, 2.24) is 10.2 Å². The van der Waals surface area contributed by atoms with Gasteiger partial charge in [0.1, 0.15) is 11.5 Å². The summed E-state index contributed by atoms with van der Waals surface area (Å²) in [4.78, 5) is 25.2. The topological polar surface area (TPSA) is 82.8 Å². The fourth-order valence-corrected chi connectivity index (χ4v) is 3.11. The first kappa shape index (κ1) is 17.1. The van der Waals surface area contributed by atoms with Crippen LogP contribution in [0.25, 0.3) is 0 Å². The van der Waals surface area contributed by atoms with Gasteiger partial charge in [-0.3, -0.25) is 0 Å². The molecular formula is C19H22N2O4. The van der Waals surface area contributed by atoms with Crippen molar-refractivity contribution in [3.8, 4) is 0 Å². The molecule has 0 radical (unpaired) electrons. The Kier molecular flexibility index (Phi) is 5.07. The Bertz CT molecular complexity index is 751. The summed E-state index contributed by atoms with van der Waals surface area (Å²) in [6.07, 6.45) is 2.69. The molecule has 3 rings (SSSR count). The van der Waals surface area contributed by atoms with Crippen LogP contribution >= 0.6 is 0 Å². The smallest absolute Gasteiger partial charge is 0.335 e. The van der Waals surface area contributed by atoms with Crippen LogP contribution in [0.3, 0.4) is 0 Å². The summed E-state index contributed by atoms with van der Waals surface area (Å²) in [5.74, 6) is 0.816. The molecule has 2 heterocycles. The van der Waals surface area contributed by atoms with Gasteiger partial charge in [-0.25, -0.2) is 9.59 Å². The monoisotopic (exact) mass is 342 g/mol. The molecule has 0 bridgehead atoms. The molecular weight excluding hydrogens is 320 g/mol. The lowest BCUT2D eigenvalue weighted by atomic mass is 10.1. The van der Waals surface area contributed by atoms with Crippen molar-refractivity contribution >= 4 is 12.0 Å². The Morgan fingerprint density at radius 2 is 2.00 bits per heavy atom. The van der Waals surface area contributed by atoms with Gasteiger partial charge in [0.2, 0.25) is 0 Å². The molecule has 1 aromatic carbocycles. The molecule has 2 N–H and O–H groups in total. The van der Waals surface area contributed by atoms with E-state index in [1.165, 1.54) is 12.1 Å². The number of rotatable bonds is 5. The van der Waals surface area contributed by atoms with E-state index in [4.69, 9.17) is 9.52 Å². The number of amides is 2. The molecule has 25 heavy (non-hydrogen) atoms. The minimum Gasteiger partial charge on any atom is -0.478 e. The summed E-state index contributed by atoms with van der Waals surface area (Å²) in [7, 11) is 0. The molecule has 6 nitrogen and oxygen atoms in total. The molecule has 2 aromatic rings. The van der Waals surface area contributed by atoms with Crippen molar-refractivity contribution in [3.05, 3.63) is 59.0 Å². The number of nitrogens with one attached hydrogen (secondary N) is 1. The average Bonchev–Trinajstić information content (AvgIpc) is 3.28. The number of carbonyl (C=O) groups is 2. The lowest BCUT2D eigenvalue weighted by Gasteiger charge is -2.23. The quantitative estimate of drug-likeness (QED) is 0.870. The molecule has 6 heteroatoms. The number of carboxylic acids is 1. The molecule has 1 aromatic heterocycles. The maximum atomic E-state index is 12.5. The van der Waals surface area contributed by atoms with E-state index in [9.17, 15) is 9.59 Å². The maximum absolute atomic E-state index is 12.5. The van der Waals surface area contributed by atoms with Crippen LogP contribution in [0, 0.1) is 0 Å². The molecule has 1 aliphatic rings. The van der Waals surface area contributed by atoms with Crippen molar-refractivity contribution in [3.63, 3.8) is 0 Å². The number of hydrogen-bond acceptors (Lipinski definition) is 3.